The van der Waals surface area contributed by atoms with Crippen molar-refractivity contribution in [2.24, 2.45) is 5.10 Å². The topological polar surface area (TPSA) is 83.3 Å². The van der Waals surface area contributed by atoms with Crippen LogP contribution in [0.1, 0.15) is 34.3 Å². The molecule has 0 aliphatic heterocycles. The van der Waals surface area contributed by atoms with Crippen LogP contribution in [0.2, 0.25) is 0 Å². The number of carbonyl (C=O) groups excluding carboxylic acids is 1. The lowest BCUT2D eigenvalue weighted by Crippen LogP contribution is -2.17. The largest absolute Gasteiger partial charge is 0.465 e. The van der Waals surface area contributed by atoms with E-state index in [9.17, 15) is 4.79 Å². The minimum atomic E-state index is -0.352. The molecule has 0 bridgehead atoms. The molecule has 132 valence electrons. The predicted molar refractivity (Wildman–Crippen MR) is 102 cm³/mol. The second-order valence-corrected chi connectivity index (χ2v) is 6.07. The second kappa shape index (κ2) is 7.65. The van der Waals surface area contributed by atoms with Crippen LogP contribution in [-0.2, 0) is 0 Å². The van der Waals surface area contributed by atoms with Gasteiger partial charge in [0.05, 0.1) is 18.2 Å². The van der Waals surface area contributed by atoms with Gasteiger partial charge in [0.1, 0.15) is 11.5 Å². The molecule has 2 heterocycles. The molecule has 3 aromatic rings. The molecule has 1 aromatic carbocycles. The van der Waals surface area contributed by atoms with Crippen LogP contribution in [0, 0.1) is 13.8 Å². The molecule has 0 unspecified atom stereocenters. The maximum absolute atomic E-state index is 12.2. The van der Waals surface area contributed by atoms with E-state index in [2.05, 4.69) is 27.6 Å². The number of hydrogen-bond donors (Lipinski definition) is 2. The van der Waals surface area contributed by atoms with E-state index in [0.29, 0.717) is 5.69 Å². The quantitative estimate of drug-likeness (QED) is 0.538. The van der Waals surface area contributed by atoms with Crippen LogP contribution in [0.5, 0.6) is 0 Å². The zero-order chi connectivity index (χ0) is 18.5. The summed E-state index contributed by atoms with van der Waals surface area (Å²) in [7, 11) is 0. The first-order valence-electron chi connectivity index (χ1n) is 8.21. The summed E-state index contributed by atoms with van der Waals surface area (Å²) < 4.78 is 5.22. The van der Waals surface area contributed by atoms with Gasteiger partial charge in [-0.05, 0) is 67.8 Å². The van der Waals surface area contributed by atoms with E-state index in [1.54, 1.807) is 18.5 Å². The molecular formula is C20H20N4O2. The van der Waals surface area contributed by atoms with E-state index < -0.39 is 0 Å². The number of hydrazone groups is 1. The Balaban J connectivity index is 1.64. The molecule has 0 atom stereocenters. The smallest absolute Gasteiger partial charge is 0.289 e. The molecule has 0 fully saturated rings. The lowest BCUT2D eigenvalue weighted by atomic mass is 10.0. The van der Waals surface area contributed by atoms with E-state index in [1.165, 1.54) is 11.1 Å². The van der Waals surface area contributed by atoms with E-state index in [4.69, 9.17) is 4.42 Å². The van der Waals surface area contributed by atoms with Crippen molar-refractivity contribution < 1.29 is 9.21 Å². The third-order valence-electron chi connectivity index (χ3n) is 3.97. The maximum Gasteiger partial charge on any atom is 0.289 e. The molecule has 6 nitrogen and oxygen atoms in total. The fourth-order valence-electron chi connectivity index (χ4n) is 2.37. The number of aromatic amines is 1. The molecule has 0 radical (unpaired) electrons. The zero-order valence-electron chi connectivity index (χ0n) is 14.9. The van der Waals surface area contributed by atoms with Crippen molar-refractivity contribution in [3.8, 4) is 11.3 Å². The Hall–Kier alpha value is -3.41. The molecular weight excluding hydrogens is 328 g/mol. The maximum atomic E-state index is 12.2. The summed E-state index contributed by atoms with van der Waals surface area (Å²) in [6.07, 6.45) is 4.98. The predicted octanol–water partition coefficient (Wildman–Crippen LogP) is 4.11. The molecule has 26 heavy (non-hydrogen) atoms. The lowest BCUT2D eigenvalue weighted by molar-refractivity contribution is 0.0950. The molecule has 2 aromatic heterocycles. The summed E-state index contributed by atoms with van der Waals surface area (Å²) in [5.74, 6) is 0.376. The minimum absolute atomic E-state index is 0.350. The summed E-state index contributed by atoms with van der Waals surface area (Å²) in [4.78, 5) is 12.2. The van der Waals surface area contributed by atoms with Gasteiger partial charge in [-0.15, -0.1) is 0 Å². The van der Waals surface area contributed by atoms with Gasteiger partial charge in [0, 0.05) is 5.56 Å². The van der Waals surface area contributed by atoms with Gasteiger partial charge in [-0.3, -0.25) is 9.89 Å². The molecule has 0 spiro atoms. The molecule has 0 aliphatic rings. The highest BCUT2D eigenvalue weighted by Crippen LogP contribution is 2.20. The van der Waals surface area contributed by atoms with Crippen molar-refractivity contribution in [2.75, 3.05) is 0 Å². The number of H-pyrrole nitrogens is 1. The monoisotopic (exact) mass is 348 g/mol. The highest BCUT2D eigenvalue weighted by molar-refractivity contribution is 5.94. The fraction of sp³-hybridized carbons (Fsp3) is 0.150. The zero-order valence-corrected chi connectivity index (χ0v) is 14.9. The Morgan fingerprint density at radius 2 is 2.08 bits per heavy atom. The number of aromatic nitrogens is 2. The molecule has 0 saturated carbocycles. The van der Waals surface area contributed by atoms with Gasteiger partial charge >= 0.3 is 0 Å². The van der Waals surface area contributed by atoms with E-state index >= 15 is 0 Å². The van der Waals surface area contributed by atoms with Crippen LogP contribution < -0.4 is 5.43 Å². The standard InChI is InChI=1S/C20H20N4O2/c1-13(9-17-5-4-8-26-17)12-21-24-20(25)19-11-18(22-23-19)16-7-6-14(2)15(3)10-16/h4-12H,1-3H3,(H,22,23)(H,24,25)/b13-9-,21-12?. The number of benzene rings is 1. The summed E-state index contributed by atoms with van der Waals surface area (Å²) in [5.41, 5.74) is 7.76. The lowest BCUT2D eigenvalue weighted by Gasteiger charge is -2.01. The van der Waals surface area contributed by atoms with Crippen LogP contribution in [0.3, 0.4) is 0 Å². The number of nitrogens with one attached hydrogen (secondary N) is 2. The van der Waals surface area contributed by atoms with Gasteiger partial charge in [0.2, 0.25) is 0 Å². The number of furan rings is 1. The van der Waals surface area contributed by atoms with Crippen LogP contribution >= 0.6 is 0 Å². The van der Waals surface area contributed by atoms with Crippen molar-refractivity contribution in [3.63, 3.8) is 0 Å². The van der Waals surface area contributed by atoms with Crippen molar-refractivity contribution >= 4 is 18.2 Å². The number of nitrogens with zero attached hydrogens (tertiary/aromatic N) is 2. The first-order valence-corrected chi connectivity index (χ1v) is 8.21. The summed E-state index contributed by atoms with van der Waals surface area (Å²) in [5, 5.41) is 10.9. The number of aryl methyl sites for hydroxylation is 2. The van der Waals surface area contributed by atoms with Crippen molar-refractivity contribution in [1.29, 1.82) is 0 Å². The van der Waals surface area contributed by atoms with Gasteiger partial charge in [-0.2, -0.15) is 10.2 Å². The van der Waals surface area contributed by atoms with Crippen LogP contribution in [-0.4, -0.2) is 22.3 Å². The normalized spacial score (nSPS) is 11.9. The Labute approximate surface area is 151 Å². The summed E-state index contributed by atoms with van der Waals surface area (Å²) in [6, 6.07) is 11.4. The van der Waals surface area contributed by atoms with Crippen LogP contribution in [0.15, 0.2) is 57.8 Å². The summed E-state index contributed by atoms with van der Waals surface area (Å²) >= 11 is 0. The van der Waals surface area contributed by atoms with Gasteiger partial charge in [-0.25, -0.2) is 5.43 Å². The molecule has 2 N–H and O–H groups in total. The average molecular weight is 348 g/mol. The Kier molecular flexibility index (Phi) is 5.12. The summed E-state index contributed by atoms with van der Waals surface area (Å²) in [6.45, 7) is 5.97. The van der Waals surface area contributed by atoms with Crippen molar-refractivity contribution in [2.45, 2.75) is 20.8 Å². The first kappa shape index (κ1) is 17.4. The molecule has 0 aliphatic carbocycles. The van der Waals surface area contributed by atoms with E-state index in [0.717, 1.165) is 22.6 Å². The fourth-order valence-corrected chi connectivity index (χ4v) is 2.37. The van der Waals surface area contributed by atoms with Gasteiger partial charge < -0.3 is 4.42 Å². The number of hydrogen-bond acceptors (Lipinski definition) is 4. The third-order valence-corrected chi connectivity index (χ3v) is 3.97. The Morgan fingerprint density at radius 3 is 2.81 bits per heavy atom. The number of rotatable bonds is 5. The number of amides is 1. The second-order valence-electron chi connectivity index (χ2n) is 6.07. The molecule has 6 heteroatoms. The van der Waals surface area contributed by atoms with Crippen LogP contribution in [0.4, 0.5) is 0 Å². The van der Waals surface area contributed by atoms with Crippen molar-refractivity contribution in [1.82, 2.24) is 15.6 Å². The SMILES string of the molecule is C/C(C=NNC(=O)c1cc(-c2ccc(C)c(C)c2)n[nH]1)=C/c1ccco1. The highest BCUT2D eigenvalue weighted by Gasteiger charge is 2.10. The Morgan fingerprint density at radius 1 is 1.23 bits per heavy atom. The number of carbonyl (C=O) groups is 1. The van der Waals surface area contributed by atoms with E-state index in [-0.39, 0.29) is 5.91 Å². The number of allylic oxidation sites excluding steroid dienone is 1. The Bertz CT molecular complexity index is 966. The third kappa shape index (κ3) is 4.16. The first-order chi connectivity index (χ1) is 12.5. The highest BCUT2D eigenvalue weighted by atomic mass is 16.3. The average Bonchev–Trinajstić information content (AvgIpc) is 3.29. The van der Waals surface area contributed by atoms with Gasteiger partial charge in [0.25, 0.3) is 5.91 Å². The molecule has 0 saturated heterocycles. The van der Waals surface area contributed by atoms with E-state index in [1.807, 2.05) is 50.3 Å². The van der Waals surface area contributed by atoms with Crippen LogP contribution in [0.25, 0.3) is 17.3 Å². The molecule has 3 rings (SSSR count). The van der Waals surface area contributed by atoms with Crippen molar-refractivity contribution in [3.05, 3.63) is 70.8 Å². The minimum Gasteiger partial charge on any atom is -0.465 e. The molecule has 1 amide bonds. The van der Waals surface area contributed by atoms with Gasteiger partial charge in [-0.1, -0.05) is 12.1 Å². The van der Waals surface area contributed by atoms with Gasteiger partial charge in [0.15, 0.2) is 0 Å².